The van der Waals surface area contributed by atoms with Crippen molar-refractivity contribution in [1.82, 2.24) is 10.3 Å². The molecular weight excluding hydrogens is 456 g/mol. The molecule has 13 heteroatoms. The van der Waals surface area contributed by atoms with Crippen molar-refractivity contribution in [1.29, 1.82) is 0 Å². The van der Waals surface area contributed by atoms with Crippen LogP contribution in [0.5, 0.6) is 0 Å². The van der Waals surface area contributed by atoms with Crippen molar-refractivity contribution in [2.24, 2.45) is 0 Å². The van der Waals surface area contributed by atoms with Crippen LogP contribution in [0.1, 0.15) is 17.4 Å². The van der Waals surface area contributed by atoms with Crippen molar-refractivity contribution in [2.45, 2.75) is 24.2 Å². The van der Waals surface area contributed by atoms with Crippen molar-refractivity contribution in [3.63, 3.8) is 0 Å². The number of phosphoric acid groups is 1. The van der Waals surface area contributed by atoms with Crippen LogP contribution in [0.2, 0.25) is 0 Å². The molecular formula is C19H20F3N2O7P. The molecule has 1 saturated heterocycles. The fourth-order valence-electron chi connectivity index (χ4n) is 3.10. The monoisotopic (exact) mass is 476 g/mol. The van der Waals surface area contributed by atoms with E-state index < -0.39 is 44.6 Å². The fraction of sp³-hybridized carbons (Fsp3) is 0.368. The second-order valence-electron chi connectivity index (χ2n) is 7.17. The third kappa shape index (κ3) is 5.71. The Balaban J connectivity index is 1.83. The Hall–Kier alpha value is -2.34. The standard InChI is InChI=1S/C19H20F3N2O7P/c20-7-14(24-18(25)17(21)22)16(31-32(27,28)29)12-3-1-11(2-4-12)13-5-6-15(23-8-13)19(26)9-30-10-19/h1-6,8,14,16-17,26H,7,9-10H2,(H,24,25)(H2,27,28,29)/t14-,16-/m1/s1. The zero-order valence-electron chi connectivity index (χ0n) is 16.4. The van der Waals surface area contributed by atoms with Crippen LogP contribution in [0.4, 0.5) is 13.2 Å². The third-order valence-corrected chi connectivity index (χ3v) is 5.30. The highest BCUT2D eigenvalue weighted by Crippen LogP contribution is 2.44. The molecule has 9 nitrogen and oxygen atoms in total. The number of aliphatic hydroxyl groups is 1. The number of benzene rings is 1. The Bertz CT molecular complexity index is 981. The summed E-state index contributed by atoms with van der Waals surface area (Å²) >= 11 is 0. The minimum absolute atomic E-state index is 0.0415. The molecule has 32 heavy (non-hydrogen) atoms. The van der Waals surface area contributed by atoms with Crippen LogP contribution in [0.3, 0.4) is 0 Å². The predicted octanol–water partition coefficient (Wildman–Crippen LogP) is 1.84. The smallest absolute Gasteiger partial charge is 0.379 e. The van der Waals surface area contributed by atoms with Gasteiger partial charge < -0.3 is 24.9 Å². The average Bonchev–Trinajstić information content (AvgIpc) is 2.73. The summed E-state index contributed by atoms with van der Waals surface area (Å²) in [5.74, 6) is -1.80. The lowest BCUT2D eigenvalue weighted by Gasteiger charge is -2.35. The molecule has 1 aromatic heterocycles. The van der Waals surface area contributed by atoms with Crippen molar-refractivity contribution in [2.75, 3.05) is 19.9 Å². The molecule has 0 aliphatic carbocycles. The number of phosphoric ester groups is 1. The maximum atomic E-state index is 13.5. The number of aromatic nitrogens is 1. The van der Waals surface area contributed by atoms with Crippen molar-refractivity contribution in [3.05, 3.63) is 53.9 Å². The molecule has 1 amide bonds. The van der Waals surface area contributed by atoms with Gasteiger partial charge in [0.25, 0.3) is 5.91 Å². The number of ether oxygens (including phenoxy) is 1. The maximum absolute atomic E-state index is 13.5. The Morgan fingerprint density at radius 1 is 1.19 bits per heavy atom. The van der Waals surface area contributed by atoms with Gasteiger partial charge in [0.05, 0.1) is 24.9 Å². The zero-order chi connectivity index (χ0) is 23.5. The lowest BCUT2D eigenvalue weighted by atomic mass is 9.95. The first-order valence-electron chi connectivity index (χ1n) is 9.28. The van der Waals surface area contributed by atoms with Crippen LogP contribution in [-0.2, 0) is 24.2 Å². The third-order valence-electron chi connectivity index (χ3n) is 4.80. The van der Waals surface area contributed by atoms with E-state index in [-0.39, 0.29) is 18.8 Å². The molecule has 174 valence electrons. The van der Waals surface area contributed by atoms with E-state index >= 15 is 0 Å². The number of pyridine rings is 1. The number of alkyl halides is 3. The predicted molar refractivity (Wildman–Crippen MR) is 104 cm³/mol. The molecule has 2 atom stereocenters. The molecule has 0 bridgehead atoms. The van der Waals surface area contributed by atoms with E-state index in [1.54, 1.807) is 17.4 Å². The molecule has 1 fully saturated rings. The van der Waals surface area contributed by atoms with Crippen LogP contribution >= 0.6 is 7.82 Å². The van der Waals surface area contributed by atoms with E-state index in [2.05, 4.69) is 9.51 Å². The highest BCUT2D eigenvalue weighted by molar-refractivity contribution is 7.46. The summed E-state index contributed by atoms with van der Waals surface area (Å²) in [7, 11) is -5.16. The molecule has 1 aliphatic rings. The molecule has 0 saturated carbocycles. The SMILES string of the molecule is O=C(N[C@H](CF)[C@H](OP(=O)(O)O)c1ccc(-c2ccc(C3(O)COC3)nc2)cc1)C(F)F. The minimum atomic E-state index is -5.16. The molecule has 0 radical (unpaired) electrons. The number of hydrogen-bond acceptors (Lipinski definition) is 6. The van der Waals surface area contributed by atoms with Gasteiger partial charge in [-0.3, -0.25) is 14.3 Å². The number of nitrogens with one attached hydrogen (secondary N) is 1. The first kappa shape index (κ1) is 24.3. The molecule has 3 rings (SSSR count). The van der Waals surface area contributed by atoms with E-state index in [9.17, 15) is 27.6 Å². The summed E-state index contributed by atoms with van der Waals surface area (Å²) in [4.78, 5) is 33.8. The van der Waals surface area contributed by atoms with Gasteiger partial charge in [-0.15, -0.1) is 0 Å². The normalized spacial score (nSPS) is 17.5. The lowest BCUT2D eigenvalue weighted by molar-refractivity contribution is -0.186. The van der Waals surface area contributed by atoms with Crippen LogP contribution in [0.25, 0.3) is 11.1 Å². The fourth-order valence-corrected chi connectivity index (χ4v) is 3.67. The molecule has 0 unspecified atom stereocenters. The number of nitrogens with zero attached hydrogens (tertiary/aromatic N) is 1. The molecule has 2 aromatic rings. The van der Waals surface area contributed by atoms with Crippen LogP contribution in [-0.4, -0.2) is 58.1 Å². The van der Waals surface area contributed by atoms with E-state index in [0.29, 0.717) is 16.8 Å². The van der Waals surface area contributed by atoms with Gasteiger partial charge in [0.15, 0.2) is 5.60 Å². The second-order valence-corrected chi connectivity index (χ2v) is 8.36. The number of hydrogen-bond donors (Lipinski definition) is 4. The molecule has 4 N–H and O–H groups in total. The van der Waals surface area contributed by atoms with Gasteiger partial charge in [-0.2, -0.15) is 8.78 Å². The van der Waals surface area contributed by atoms with Gasteiger partial charge in [0.2, 0.25) is 0 Å². The largest absolute Gasteiger partial charge is 0.470 e. The summed E-state index contributed by atoms with van der Waals surface area (Å²) in [5.41, 5.74) is 0.622. The summed E-state index contributed by atoms with van der Waals surface area (Å²) in [6, 6.07) is 7.32. The van der Waals surface area contributed by atoms with Crippen LogP contribution in [0.15, 0.2) is 42.6 Å². The maximum Gasteiger partial charge on any atom is 0.470 e. The van der Waals surface area contributed by atoms with E-state index in [1.807, 2.05) is 0 Å². The van der Waals surface area contributed by atoms with E-state index in [0.717, 1.165) is 0 Å². The Morgan fingerprint density at radius 3 is 2.25 bits per heavy atom. The number of carbonyl (C=O) groups excluding carboxylic acids is 1. The Labute approximate surface area is 180 Å². The van der Waals surface area contributed by atoms with Gasteiger partial charge in [0.1, 0.15) is 12.8 Å². The number of halogens is 3. The summed E-state index contributed by atoms with van der Waals surface area (Å²) < 4.78 is 59.5. The van der Waals surface area contributed by atoms with Crippen molar-refractivity contribution >= 4 is 13.7 Å². The average molecular weight is 476 g/mol. The Kier molecular flexibility index (Phi) is 7.33. The zero-order valence-corrected chi connectivity index (χ0v) is 17.3. The van der Waals surface area contributed by atoms with Gasteiger partial charge in [-0.05, 0) is 17.2 Å². The van der Waals surface area contributed by atoms with Gasteiger partial charge in [-0.1, -0.05) is 30.3 Å². The number of rotatable bonds is 9. The highest BCUT2D eigenvalue weighted by atomic mass is 31.2. The molecule has 1 aromatic carbocycles. The molecule has 0 spiro atoms. The Morgan fingerprint density at radius 2 is 1.81 bits per heavy atom. The number of amides is 1. The van der Waals surface area contributed by atoms with E-state index in [4.69, 9.17) is 14.5 Å². The summed E-state index contributed by atoms with van der Waals surface area (Å²) in [6.45, 7) is -1.12. The van der Waals surface area contributed by atoms with Crippen molar-refractivity contribution in [3.8, 4) is 11.1 Å². The van der Waals surface area contributed by atoms with Crippen LogP contribution in [0, 0.1) is 0 Å². The second kappa shape index (κ2) is 9.65. The summed E-state index contributed by atoms with van der Waals surface area (Å²) in [5, 5.41) is 11.9. The molecule has 2 heterocycles. The van der Waals surface area contributed by atoms with E-state index in [1.165, 1.54) is 30.5 Å². The van der Waals surface area contributed by atoms with Gasteiger partial charge in [0, 0.05) is 11.8 Å². The summed E-state index contributed by atoms with van der Waals surface area (Å²) in [6.07, 6.45) is -3.66. The minimum Gasteiger partial charge on any atom is -0.379 e. The number of carbonyl (C=O) groups is 1. The first-order valence-corrected chi connectivity index (χ1v) is 10.8. The van der Waals surface area contributed by atoms with Gasteiger partial charge in [-0.25, -0.2) is 8.96 Å². The van der Waals surface area contributed by atoms with Crippen LogP contribution < -0.4 is 5.32 Å². The lowest BCUT2D eigenvalue weighted by Crippen LogP contribution is -2.47. The molecule has 1 aliphatic heterocycles. The van der Waals surface area contributed by atoms with Crippen molar-refractivity contribution < 1.29 is 46.7 Å². The van der Waals surface area contributed by atoms with Gasteiger partial charge >= 0.3 is 14.2 Å². The highest BCUT2D eigenvalue weighted by Gasteiger charge is 2.39. The topological polar surface area (TPSA) is 138 Å². The quantitative estimate of drug-likeness (QED) is 0.403. The first-order chi connectivity index (χ1) is 15.0.